The fourth-order valence-electron chi connectivity index (χ4n) is 3.00. The molecule has 1 aliphatic heterocycles. The number of benzene rings is 2. The normalized spacial score (nSPS) is 13.8. The van der Waals surface area contributed by atoms with E-state index in [2.05, 4.69) is 5.32 Å². The smallest absolute Gasteiger partial charge is 0.240 e. The lowest BCUT2D eigenvalue weighted by Gasteiger charge is -2.22. The van der Waals surface area contributed by atoms with Gasteiger partial charge in [0.05, 0.1) is 7.11 Å². The van der Waals surface area contributed by atoms with Crippen LogP contribution in [0.4, 0.5) is 5.69 Å². The molecule has 1 aliphatic rings. The number of para-hydroxylation sites is 1. The molecule has 0 spiro atoms. The van der Waals surface area contributed by atoms with Crippen molar-refractivity contribution in [2.45, 2.75) is 25.8 Å². The zero-order valence-electron chi connectivity index (χ0n) is 14.3. The van der Waals surface area contributed by atoms with Crippen LogP contribution in [-0.4, -0.2) is 25.5 Å². The summed E-state index contributed by atoms with van der Waals surface area (Å²) in [7, 11) is 1.62. The average Bonchev–Trinajstić information content (AvgIpc) is 2.80. The lowest BCUT2D eigenvalue weighted by Crippen LogP contribution is -2.40. The molecule has 0 aromatic heterocycles. The molecule has 0 saturated carbocycles. The monoisotopic (exact) mass is 338 g/mol. The zero-order valence-corrected chi connectivity index (χ0v) is 14.3. The number of fused-ring (bicyclic) bond motifs is 1. The Kier molecular flexibility index (Phi) is 5.33. The average molecular weight is 338 g/mol. The second-order valence-corrected chi connectivity index (χ2v) is 6.09. The van der Waals surface area contributed by atoms with Crippen LogP contribution in [0.3, 0.4) is 0 Å². The highest BCUT2D eigenvalue weighted by molar-refractivity contribution is 5.99. The Hall–Kier alpha value is -2.82. The summed E-state index contributed by atoms with van der Waals surface area (Å²) in [5.41, 5.74) is 2.96. The summed E-state index contributed by atoms with van der Waals surface area (Å²) >= 11 is 0. The van der Waals surface area contributed by atoms with Crippen molar-refractivity contribution in [3.05, 3.63) is 59.7 Å². The SMILES string of the molecule is COc1ccc(CNC(=O)CN2C(=O)CCCc3ccccc32)cc1. The molecule has 0 radical (unpaired) electrons. The van der Waals surface area contributed by atoms with Gasteiger partial charge in [-0.3, -0.25) is 9.59 Å². The molecule has 1 heterocycles. The van der Waals surface area contributed by atoms with Crippen molar-refractivity contribution >= 4 is 17.5 Å². The number of amides is 2. The first-order valence-corrected chi connectivity index (χ1v) is 8.45. The molecule has 2 aromatic rings. The maximum absolute atomic E-state index is 12.4. The van der Waals surface area contributed by atoms with Crippen molar-refractivity contribution in [3.8, 4) is 5.75 Å². The Labute approximate surface area is 147 Å². The highest BCUT2D eigenvalue weighted by Crippen LogP contribution is 2.26. The van der Waals surface area contributed by atoms with Crippen molar-refractivity contribution < 1.29 is 14.3 Å². The number of hydrogen-bond acceptors (Lipinski definition) is 3. The van der Waals surface area contributed by atoms with E-state index >= 15 is 0 Å². The van der Waals surface area contributed by atoms with Gasteiger partial charge < -0.3 is 15.0 Å². The topological polar surface area (TPSA) is 58.6 Å². The van der Waals surface area contributed by atoms with Gasteiger partial charge in [0, 0.05) is 18.7 Å². The molecule has 2 aromatic carbocycles. The minimum absolute atomic E-state index is 0.00421. The Morgan fingerprint density at radius 1 is 1.12 bits per heavy atom. The van der Waals surface area contributed by atoms with E-state index in [-0.39, 0.29) is 18.4 Å². The Morgan fingerprint density at radius 3 is 2.64 bits per heavy atom. The number of ether oxygens (including phenoxy) is 1. The highest BCUT2D eigenvalue weighted by atomic mass is 16.5. The van der Waals surface area contributed by atoms with Crippen LogP contribution in [0.25, 0.3) is 0 Å². The Bertz CT molecular complexity index is 756. The first-order chi connectivity index (χ1) is 12.2. The van der Waals surface area contributed by atoms with Gasteiger partial charge in [-0.15, -0.1) is 0 Å². The van der Waals surface area contributed by atoms with Gasteiger partial charge in [-0.1, -0.05) is 30.3 Å². The number of carbonyl (C=O) groups excluding carboxylic acids is 2. The summed E-state index contributed by atoms with van der Waals surface area (Å²) in [4.78, 5) is 26.3. The lowest BCUT2D eigenvalue weighted by molar-refractivity contribution is -0.123. The summed E-state index contributed by atoms with van der Waals surface area (Å²) in [6.45, 7) is 0.471. The first kappa shape index (κ1) is 17.0. The summed E-state index contributed by atoms with van der Waals surface area (Å²) in [5.74, 6) is 0.618. The number of hydrogen-bond donors (Lipinski definition) is 1. The minimum Gasteiger partial charge on any atom is -0.497 e. The molecule has 0 atom stereocenters. The summed E-state index contributed by atoms with van der Waals surface area (Å²) in [6, 6.07) is 15.3. The van der Waals surface area contributed by atoms with Gasteiger partial charge in [0.15, 0.2) is 0 Å². The molecular weight excluding hydrogens is 316 g/mol. The molecule has 5 nitrogen and oxygen atoms in total. The number of rotatable bonds is 5. The number of anilines is 1. The van der Waals surface area contributed by atoms with E-state index in [9.17, 15) is 9.59 Å². The van der Waals surface area contributed by atoms with E-state index in [0.29, 0.717) is 13.0 Å². The lowest BCUT2D eigenvalue weighted by atomic mass is 10.1. The number of aryl methyl sites for hydroxylation is 1. The predicted octanol–water partition coefficient (Wildman–Crippen LogP) is 2.68. The molecule has 0 fully saturated rings. The second-order valence-electron chi connectivity index (χ2n) is 6.09. The molecule has 3 rings (SSSR count). The summed E-state index contributed by atoms with van der Waals surface area (Å²) < 4.78 is 5.12. The van der Waals surface area contributed by atoms with Crippen molar-refractivity contribution in [2.75, 3.05) is 18.6 Å². The second kappa shape index (κ2) is 7.83. The fraction of sp³-hybridized carbons (Fsp3) is 0.300. The Morgan fingerprint density at radius 2 is 1.88 bits per heavy atom. The molecule has 5 heteroatoms. The molecule has 130 valence electrons. The van der Waals surface area contributed by atoms with E-state index in [1.54, 1.807) is 12.0 Å². The van der Waals surface area contributed by atoms with Crippen LogP contribution in [0, 0.1) is 0 Å². The van der Waals surface area contributed by atoms with E-state index in [0.717, 1.165) is 35.4 Å². The number of nitrogens with zero attached hydrogens (tertiary/aromatic N) is 1. The van der Waals surface area contributed by atoms with Crippen LogP contribution in [-0.2, 0) is 22.6 Å². The highest BCUT2D eigenvalue weighted by Gasteiger charge is 2.23. The third-order valence-electron chi connectivity index (χ3n) is 4.37. The summed E-state index contributed by atoms with van der Waals surface area (Å²) in [5, 5.41) is 2.88. The van der Waals surface area contributed by atoms with Crippen molar-refractivity contribution in [1.82, 2.24) is 5.32 Å². The standard InChI is InChI=1S/C20H22N2O3/c1-25-17-11-9-15(10-12-17)13-21-19(23)14-22-18-7-3-2-5-16(18)6-4-8-20(22)24/h2-3,5,7,9-12H,4,6,8,13-14H2,1H3,(H,21,23). The van der Waals surface area contributed by atoms with Crippen LogP contribution in [0.5, 0.6) is 5.75 Å². The molecular formula is C20H22N2O3. The van der Waals surface area contributed by atoms with Gasteiger partial charge in [0.1, 0.15) is 12.3 Å². The number of methoxy groups -OCH3 is 1. The van der Waals surface area contributed by atoms with Crippen LogP contribution in [0.1, 0.15) is 24.0 Å². The number of nitrogens with one attached hydrogen (secondary N) is 1. The molecule has 1 N–H and O–H groups in total. The van der Waals surface area contributed by atoms with Crippen molar-refractivity contribution in [3.63, 3.8) is 0 Å². The maximum Gasteiger partial charge on any atom is 0.240 e. The molecule has 25 heavy (non-hydrogen) atoms. The fourth-order valence-corrected chi connectivity index (χ4v) is 3.00. The van der Waals surface area contributed by atoms with Crippen molar-refractivity contribution in [1.29, 1.82) is 0 Å². The third-order valence-corrected chi connectivity index (χ3v) is 4.37. The van der Waals surface area contributed by atoms with Crippen molar-refractivity contribution in [2.24, 2.45) is 0 Å². The van der Waals surface area contributed by atoms with Gasteiger partial charge in [-0.05, 0) is 42.2 Å². The van der Waals surface area contributed by atoms with Gasteiger partial charge in [0.2, 0.25) is 11.8 Å². The molecule has 0 bridgehead atoms. The van der Waals surface area contributed by atoms with Gasteiger partial charge >= 0.3 is 0 Å². The van der Waals surface area contributed by atoms with Gasteiger partial charge in [0.25, 0.3) is 0 Å². The van der Waals surface area contributed by atoms with Crippen LogP contribution < -0.4 is 15.0 Å². The van der Waals surface area contributed by atoms with E-state index in [1.165, 1.54) is 0 Å². The Balaban J connectivity index is 1.64. The van der Waals surface area contributed by atoms with Gasteiger partial charge in [-0.2, -0.15) is 0 Å². The maximum atomic E-state index is 12.4. The summed E-state index contributed by atoms with van der Waals surface area (Å²) in [6.07, 6.45) is 2.16. The van der Waals surface area contributed by atoms with E-state index < -0.39 is 0 Å². The molecule has 0 unspecified atom stereocenters. The van der Waals surface area contributed by atoms with Gasteiger partial charge in [-0.25, -0.2) is 0 Å². The molecule has 0 saturated heterocycles. The van der Waals surface area contributed by atoms with Crippen LogP contribution in [0.15, 0.2) is 48.5 Å². The number of carbonyl (C=O) groups is 2. The van der Waals surface area contributed by atoms with E-state index in [4.69, 9.17) is 4.74 Å². The largest absolute Gasteiger partial charge is 0.497 e. The van der Waals surface area contributed by atoms with Crippen LogP contribution >= 0.6 is 0 Å². The van der Waals surface area contributed by atoms with E-state index in [1.807, 2.05) is 48.5 Å². The minimum atomic E-state index is -0.166. The zero-order chi connectivity index (χ0) is 17.6. The molecule has 0 aliphatic carbocycles. The quantitative estimate of drug-likeness (QED) is 0.912. The first-order valence-electron chi connectivity index (χ1n) is 8.45. The third kappa shape index (κ3) is 4.18. The molecule has 2 amide bonds. The van der Waals surface area contributed by atoms with Crippen LogP contribution in [0.2, 0.25) is 0 Å². The predicted molar refractivity (Wildman–Crippen MR) is 96.6 cm³/mol.